The summed E-state index contributed by atoms with van der Waals surface area (Å²) in [5.74, 6) is 0.0305. The number of hydrogen-bond acceptors (Lipinski definition) is 5. The van der Waals surface area contributed by atoms with E-state index in [2.05, 4.69) is 0 Å². The predicted molar refractivity (Wildman–Crippen MR) is 95.6 cm³/mol. The van der Waals surface area contributed by atoms with Crippen LogP contribution in [0, 0.1) is 0 Å². The fraction of sp³-hybridized carbons (Fsp3) is 0.588. The van der Waals surface area contributed by atoms with Gasteiger partial charge in [-0.2, -0.15) is 4.31 Å². The van der Waals surface area contributed by atoms with Crippen LogP contribution in [0.5, 0.6) is 0 Å². The van der Waals surface area contributed by atoms with Gasteiger partial charge in [-0.15, -0.1) is 0 Å². The zero-order valence-electron chi connectivity index (χ0n) is 14.8. The van der Waals surface area contributed by atoms with Gasteiger partial charge in [-0.1, -0.05) is 12.1 Å². The number of carbonyl (C=O) groups is 1. The maximum Gasteiger partial charge on any atom is 0.243 e. The van der Waals surface area contributed by atoms with E-state index in [0.29, 0.717) is 45.7 Å². The van der Waals surface area contributed by atoms with Crippen LogP contribution in [0.3, 0.4) is 0 Å². The Morgan fingerprint density at radius 2 is 1.88 bits per heavy atom. The van der Waals surface area contributed by atoms with Gasteiger partial charge in [0.15, 0.2) is 0 Å². The first kappa shape index (κ1) is 19.8. The van der Waals surface area contributed by atoms with E-state index in [-0.39, 0.29) is 16.8 Å². The molecular weight excluding hydrogens is 342 g/mol. The predicted octanol–water partition coefficient (Wildman–Crippen LogP) is 0.446. The number of aryl methyl sites for hydroxylation is 1. The Morgan fingerprint density at radius 3 is 2.44 bits per heavy atom. The first-order valence-electron chi connectivity index (χ1n) is 8.49. The molecule has 1 amide bonds. The first-order valence-corrected chi connectivity index (χ1v) is 9.93. The second-order valence-corrected chi connectivity index (χ2v) is 8.19. The highest BCUT2D eigenvalue weighted by molar-refractivity contribution is 7.89. The molecule has 25 heavy (non-hydrogen) atoms. The van der Waals surface area contributed by atoms with E-state index >= 15 is 0 Å². The Bertz CT molecular complexity index is 670. The fourth-order valence-electron chi connectivity index (χ4n) is 2.60. The monoisotopic (exact) mass is 369 g/mol. The summed E-state index contributed by atoms with van der Waals surface area (Å²) in [6, 6.07) is 6.77. The van der Waals surface area contributed by atoms with Gasteiger partial charge >= 0.3 is 0 Å². The number of morpholine rings is 1. The van der Waals surface area contributed by atoms with Gasteiger partial charge in [0.05, 0.1) is 18.1 Å². The molecule has 1 unspecified atom stereocenters. The molecule has 2 N–H and O–H groups in total. The lowest BCUT2D eigenvalue weighted by atomic mass is 10.1. The Labute approximate surface area is 149 Å². The molecule has 1 fully saturated rings. The van der Waals surface area contributed by atoms with Crippen LogP contribution in [0.2, 0.25) is 0 Å². The number of amides is 1. The number of rotatable bonds is 7. The number of carbonyl (C=O) groups excluding carboxylic acids is 1. The van der Waals surface area contributed by atoms with Crippen molar-refractivity contribution in [1.29, 1.82) is 0 Å². The standard InChI is InChI=1S/C17H27N3O4S/c1-14(13-18)19(2)17(21)8-5-15-3-6-16(7-4-15)25(22,23)20-9-11-24-12-10-20/h3-4,6-7,14H,5,8-13,18H2,1-2H3. The molecule has 140 valence electrons. The first-order chi connectivity index (χ1) is 11.9. The minimum absolute atomic E-state index is 0.00791. The lowest BCUT2D eigenvalue weighted by molar-refractivity contribution is -0.131. The van der Waals surface area contributed by atoms with Crippen LogP contribution >= 0.6 is 0 Å². The van der Waals surface area contributed by atoms with Crippen LogP contribution in [-0.4, -0.2) is 69.5 Å². The van der Waals surface area contributed by atoms with E-state index in [9.17, 15) is 13.2 Å². The van der Waals surface area contributed by atoms with E-state index < -0.39 is 10.0 Å². The van der Waals surface area contributed by atoms with Crippen molar-refractivity contribution in [2.45, 2.75) is 30.7 Å². The van der Waals surface area contributed by atoms with Crippen molar-refractivity contribution < 1.29 is 17.9 Å². The normalized spacial score (nSPS) is 17.2. The molecule has 1 heterocycles. The van der Waals surface area contributed by atoms with Gasteiger partial charge in [-0.05, 0) is 31.0 Å². The van der Waals surface area contributed by atoms with Crippen LogP contribution in [0.1, 0.15) is 18.9 Å². The minimum atomic E-state index is -3.47. The second-order valence-electron chi connectivity index (χ2n) is 6.25. The van der Waals surface area contributed by atoms with E-state index in [1.54, 1.807) is 36.2 Å². The number of sulfonamides is 1. The van der Waals surface area contributed by atoms with Crippen LogP contribution < -0.4 is 5.73 Å². The summed E-state index contributed by atoms with van der Waals surface area (Å²) in [6.45, 7) is 3.94. The summed E-state index contributed by atoms with van der Waals surface area (Å²) < 4.78 is 31.8. The average Bonchev–Trinajstić information content (AvgIpc) is 2.65. The Kier molecular flexibility index (Phi) is 6.95. The average molecular weight is 369 g/mol. The summed E-state index contributed by atoms with van der Waals surface area (Å²) >= 11 is 0. The molecule has 2 rings (SSSR count). The van der Waals surface area contributed by atoms with Gasteiger partial charge in [-0.25, -0.2) is 8.42 Å². The smallest absolute Gasteiger partial charge is 0.243 e. The molecule has 0 aliphatic carbocycles. The van der Waals surface area contributed by atoms with Crippen molar-refractivity contribution >= 4 is 15.9 Å². The molecule has 0 spiro atoms. The molecule has 0 aromatic heterocycles. The Hall–Kier alpha value is -1.48. The lowest BCUT2D eigenvalue weighted by Crippen LogP contribution is -2.40. The van der Waals surface area contributed by atoms with Gasteiger partial charge in [0.2, 0.25) is 15.9 Å². The van der Waals surface area contributed by atoms with Crippen molar-refractivity contribution in [2.24, 2.45) is 5.73 Å². The largest absolute Gasteiger partial charge is 0.379 e. The van der Waals surface area contributed by atoms with Crippen molar-refractivity contribution in [3.05, 3.63) is 29.8 Å². The highest BCUT2D eigenvalue weighted by atomic mass is 32.2. The highest BCUT2D eigenvalue weighted by Gasteiger charge is 2.26. The minimum Gasteiger partial charge on any atom is -0.379 e. The van der Waals surface area contributed by atoms with Crippen molar-refractivity contribution in [2.75, 3.05) is 39.9 Å². The third-order valence-corrected chi connectivity index (χ3v) is 6.47. The van der Waals surface area contributed by atoms with Gasteiger partial charge in [0, 0.05) is 39.1 Å². The lowest BCUT2D eigenvalue weighted by Gasteiger charge is -2.26. The Balaban J connectivity index is 1.96. The van der Waals surface area contributed by atoms with Gasteiger partial charge in [0.25, 0.3) is 0 Å². The number of benzene rings is 1. The molecule has 1 saturated heterocycles. The molecule has 0 radical (unpaired) electrons. The molecule has 8 heteroatoms. The van der Waals surface area contributed by atoms with E-state index in [4.69, 9.17) is 10.5 Å². The molecule has 1 aliphatic rings. The van der Waals surface area contributed by atoms with Crippen LogP contribution in [0.4, 0.5) is 0 Å². The molecule has 1 aromatic carbocycles. The SMILES string of the molecule is CC(CN)N(C)C(=O)CCc1ccc(S(=O)(=O)N2CCOCC2)cc1. The number of likely N-dealkylation sites (N-methyl/N-ethyl adjacent to an activating group) is 1. The maximum absolute atomic E-state index is 12.6. The van der Waals surface area contributed by atoms with Crippen molar-refractivity contribution in [1.82, 2.24) is 9.21 Å². The molecule has 0 saturated carbocycles. The third-order valence-electron chi connectivity index (χ3n) is 4.55. The maximum atomic E-state index is 12.6. The summed E-state index contributed by atoms with van der Waals surface area (Å²) in [5, 5.41) is 0. The number of nitrogens with two attached hydrogens (primary N) is 1. The van der Waals surface area contributed by atoms with Gasteiger partial charge < -0.3 is 15.4 Å². The van der Waals surface area contributed by atoms with E-state index in [0.717, 1.165) is 5.56 Å². The van der Waals surface area contributed by atoms with Crippen LogP contribution in [0.15, 0.2) is 29.2 Å². The fourth-order valence-corrected chi connectivity index (χ4v) is 4.00. The molecule has 0 bridgehead atoms. The summed E-state index contributed by atoms with van der Waals surface area (Å²) in [5.41, 5.74) is 6.51. The quantitative estimate of drug-likeness (QED) is 0.753. The highest BCUT2D eigenvalue weighted by Crippen LogP contribution is 2.18. The number of hydrogen-bond donors (Lipinski definition) is 1. The molecule has 1 atom stereocenters. The van der Waals surface area contributed by atoms with Crippen molar-refractivity contribution in [3.8, 4) is 0 Å². The van der Waals surface area contributed by atoms with Crippen molar-refractivity contribution in [3.63, 3.8) is 0 Å². The molecule has 7 nitrogen and oxygen atoms in total. The zero-order valence-corrected chi connectivity index (χ0v) is 15.7. The number of ether oxygens (including phenoxy) is 1. The second kappa shape index (κ2) is 8.75. The molecule has 1 aromatic rings. The topological polar surface area (TPSA) is 92.9 Å². The third kappa shape index (κ3) is 5.01. The zero-order chi connectivity index (χ0) is 18.4. The van der Waals surface area contributed by atoms with Gasteiger partial charge in [0.1, 0.15) is 0 Å². The summed E-state index contributed by atoms with van der Waals surface area (Å²) in [7, 11) is -1.73. The Morgan fingerprint density at radius 1 is 1.28 bits per heavy atom. The molecular formula is C17H27N3O4S. The summed E-state index contributed by atoms with van der Waals surface area (Å²) in [6.07, 6.45) is 0.939. The summed E-state index contributed by atoms with van der Waals surface area (Å²) in [4.78, 5) is 14.0. The van der Waals surface area contributed by atoms with E-state index in [1.807, 2.05) is 6.92 Å². The van der Waals surface area contributed by atoms with Crippen LogP contribution in [0.25, 0.3) is 0 Å². The van der Waals surface area contributed by atoms with Crippen LogP contribution in [-0.2, 0) is 26.0 Å². The van der Waals surface area contributed by atoms with E-state index in [1.165, 1.54) is 4.31 Å². The molecule has 1 aliphatic heterocycles. The van der Waals surface area contributed by atoms with Gasteiger partial charge in [-0.3, -0.25) is 4.79 Å². The number of nitrogens with zero attached hydrogens (tertiary/aromatic N) is 2.